The second-order valence-corrected chi connectivity index (χ2v) is 9.16. The number of unbranched alkanes of at least 4 members (excludes halogenated alkanes) is 3. The van der Waals surface area contributed by atoms with E-state index < -0.39 is 0 Å². The molecule has 0 fully saturated rings. The minimum Gasteiger partial charge on any atom is -0.370 e. The first-order chi connectivity index (χ1) is 17.1. The molecule has 0 saturated carbocycles. The Morgan fingerprint density at radius 3 is 1.25 bits per heavy atom. The molecule has 2 aromatic carbocycles. The van der Waals surface area contributed by atoms with Gasteiger partial charge >= 0.3 is 0 Å². The van der Waals surface area contributed by atoms with Crippen LogP contribution >= 0.6 is 23.2 Å². The van der Waals surface area contributed by atoms with Gasteiger partial charge in [0.05, 0.1) is 0 Å². The van der Waals surface area contributed by atoms with Crippen LogP contribution in [0.2, 0.25) is 10.0 Å². The number of hydrogen-bond donors (Lipinski definition) is 8. The Morgan fingerprint density at radius 1 is 0.611 bits per heavy atom. The molecule has 10 N–H and O–H groups in total. The Balaban J connectivity index is 1.86. The highest BCUT2D eigenvalue weighted by molar-refractivity contribution is 6.30. The third-order valence-corrected chi connectivity index (χ3v) is 5.82. The van der Waals surface area contributed by atoms with E-state index in [-0.39, 0.29) is 23.8 Å². The van der Waals surface area contributed by atoms with E-state index in [1.165, 1.54) is 0 Å². The van der Waals surface area contributed by atoms with Crippen molar-refractivity contribution in [3.63, 3.8) is 0 Å². The fourth-order valence-corrected chi connectivity index (χ4v) is 3.78. The van der Waals surface area contributed by atoms with Gasteiger partial charge in [-0.25, -0.2) is 0 Å². The maximum Gasteiger partial charge on any atom is 0.198 e. The normalized spacial score (nSPS) is 10.4. The molecule has 2 aromatic rings. The van der Waals surface area contributed by atoms with Gasteiger partial charge in [-0.2, -0.15) is 0 Å². The summed E-state index contributed by atoms with van der Waals surface area (Å²) in [6, 6.07) is 14.9. The molecular weight excluding hydrogens is 499 g/mol. The summed E-state index contributed by atoms with van der Waals surface area (Å²) in [5, 5.41) is 37.8. The number of guanidine groups is 4. The molecule has 0 aliphatic carbocycles. The van der Waals surface area contributed by atoms with Crippen LogP contribution < -0.4 is 22.1 Å². The zero-order valence-electron chi connectivity index (χ0n) is 20.1. The number of nitrogens with one attached hydrogen (secondary N) is 6. The van der Waals surface area contributed by atoms with Crippen LogP contribution in [-0.2, 0) is 13.1 Å². The molecule has 0 atom stereocenters. The predicted octanol–water partition coefficient (Wildman–Crippen LogP) is 3.69. The fourth-order valence-electron chi connectivity index (χ4n) is 3.53. The van der Waals surface area contributed by atoms with Gasteiger partial charge in [-0.3, -0.25) is 32.3 Å². The van der Waals surface area contributed by atoms with Crippen molar-refractivity contribution in [3.05, 3.63) is 69.7 Å². The monoisotopic (exact) mass is 532 g/mol. The Bertz CT molecular complexity index is 941. The van der Waals surface area contributed by atoms with Crippen LogP contribution in [0.5, 0.6) is 0 Å². The highest BCUT2D eigenvalue weighted by Gasteiger charge is 2.13. The summed E-state index contributed by atoms with van der Waals surface area (Å²) in [5.74, 6) is -0.391. The molecule has 2 rings (SSSR count). The summed E-state index contributed by atoms with van der Waals surface area (Å²) in [7, 11) is 0. The SMILES string of the molecule is N=C(N)NC(=N)N(CCCCCCN(Cc1ccc(Cl)cc1)C(=N)NC(=N)N)Cc1ccc(Cl)cc1. The molecule has 0 aliphatic heterocycles. The van der Waals surface area contributed by atoms with Crippen LogP contribution in [0, 0.1) is 21.6 Å². The molecule has 12 heteroatoms. The second-order valence-electron chi connectivity index (χ2n) is 8.28. The van der Waals surface area contributed by atoms with E-state index in [4.69, 9.17) is 56.3 Å². The fraction of sp³-hybridized carbons (Fsp3) is 0.333. The molecule has 194 valence electrons. The second kappa shape index (κ2) is 14.8. The maximum absolute atomic E-state index is 8.26. The lowest BCUT2D eigenvalue weighted by molar-refractivity contribution is 0.365. The van der Waals surface area contributed by atoms with Crippen LogP contribution in [0.25, 0.3) is 0 Å². The molecule has 0 spiro atoms. The molecule has 0 heterocycles. The van der Waals surface area contributed by atoms with Crippen molar-refractivity contribution in [1.29, 1.82) is 21.6 Å². The van der Waals surface area contributed by atoms with Gasteiger partial charge in [0.25, 0.3) is 0 Å². The van der Waals surface area contributed by atoms with Gasteiger partial charge in [-0.1, -0.05) is 60.3 Å². The summed E-state index contributed by atoms with van der Waals surface area (Å²) in [6.45, 7) is 2.24. The van der Waals surface area contributed by atoms with Crippen molar-refractivity contribution in [3.8, 4) is 0 Å². The van der Waals surface area contributed by atoms with Crippen LogP contribution in [0.4, 0.5) is 0 Å². The van der Waals surface area contributed by atoms with E-state index in [0.717, 1.165) is 36.8 Å². The Kier molecular flexibility index (Phi) is 11.8. The van der Waals surface area contributed by atoms with Gasteiger partial charge in [0, 0.05) is 36.2 Å². The number of nitrogens with two attached hydrogens (primary N) is 2. The Morgan fingerprint density at radius 2 is 0.944 bits per heavy atom. The van der Waals surface area contributed by atoms with E-state index in [0.29, 0.717) is 36.2 Å². The predicted molar refractivity (Wildman–Crippen MR) is 148 cm³/mol. The largest absolute Gasteiger partial charge is 0.370 e. The lowest BCUT2D eigenvalue weighted by Crippen LogP contribution is -2.46. The maximum atomic E-state index is 8.26. The van der Waals surface area contributed by atoms with Gasteiger partial charge < -0.3 is 21.3 Å². The smallest absolute Gasteiger partial charge is 0.198 e. The number of halogens is 2. The third kappa shape index (κ3) is 10.8. The first-order valence-electron chi connectivity index (χ1n) is 11.5. The van der Waals surface area contributed by atoms with Gasteiger partial charge in [0.1, 0.15) is 0 Å². The summed E-state index contributed by atoms with van der Waals surface area (Å²) in [5.41, 5.74) is 12.8. The Labute approximate surface area is 222 Å². The van der Waals surface area contributed by atoms with E-state index in [2.05, 4.69) is 10.6 Å². The van der Waals surface area contributed by atoms with Crippen LogP contribution in [-0.4, -0.2) is 46.7 Å². The molecule has 0 saturated heterocycles. The van der Waals surface area contributed by atoms with Crippen molar-refractivity contribution >= 4 is 47.0 Å². The van der Waals surface area contributed by atoms with Gasteiger partial charge in [-0.05, 0) is 48.2 Å². The van der Waals surface area contributed by atoms with Crippen LogP contribution in [0.15, 0.2) is 48.5 Å². The quantitative estimate of drug-likeness (QED) is 0.124. The third-order valence-electron chi connectivity index (χ3n) is 5.32. The zero-order chi connectivity index (χ0) is 26.5. The molecule has 0 aromatic heterocycles. The minimum absolute atomic E-state index is 0.0790. The summed E-state index contributed by atoms with van der Waals surface area (Å²) < 4.78 is 0. The first-order valence-corrected chi connectivity index (χ1v) is 12.3. The van der Waals surface area contributed by atoms with Crippen molar-refractivity contribution in [1.82, 2.24) is 20.4 Å². The van der Waals surface area contributed by atoms with Crippen LogP contribution in [0.1, 0.15) is 36.8 Å². The molecular formula is C24H34Cl2N10. The average Bonchev–Trinajstić information content (AvgIpc) is 2.81. The van der Waals surface area contributed by atoms with Crippen molar-refractivity contribution in [2.45, 2.75) is 38.8 Å². The molecule has 0 radical (unpaired) electrons. The van der Waals surface area contributed by atoms with Crippen LogP contribution in [0.3, 0.4) is 0 Å². The Hall–Kier alpha value is -3.50. The lowest BCUT2D eigenvalue weighted by Gasteiger charge is -2.26. The summed E-state index contributed by atoms with van der Waals surface area (Å²) in [4.78, 5) is 3.67. The number of benzene rings is 2. The summed E-state index contributed by atoms with van der Waals surface area (Å²) in [6.07, 6.45) is 3.53. The topological polar surface area (TPSA) is 178 Å². The molecule has 10 nitrogen and oxygen atoms in total. The number of nitrogens with zero attached hydrogens (tertiary/aromatic N) is 2. The van der Waals surface area contributed by atoms with E-state index in [1.807, 2.05) is 58.3 Å². The van der Waals surface area contributed by atoms with E-state index >= 15 is 0 Å². The summed E-state index contributed by atoms with van der Waals surface area (Å²) >= 11 is 11.9. The highest BCUT2D eigenvalue weighted by Crippen LogP contribution is 2.14. The lowest BCUT2D eigenvalue weighted by atomic mass is 10.1. The molecule has 36 heavy (non-hydrogen) atoms. The first kappa shape index (κ1) is 28.7. The number of rotatable bonds is 11. The molecule has 0 aliphatic rings. The average molecular weight is 534 g/mol. The van der Waals surface area contributed by atoms with Gasteiger partial charge in [0.15, 0.2) is 23.8 Å². The minimum atomic E-state index is -0.275. The van der Waals surface area contributed by atoms with E-state index in [1.54, 1.807) is 0 Å². The molecule has 0 unspecified atom stereocenters. The van der Waals surface area contributed by atoms with E-state index in [9.17, 15) is 0 Å². The van der Waals surface area contributed by atoms with Crippen molar-refractivity contribution in [2.75, 3.05) is 13.1 Å². The highest BCUT2D eigenvalue weighted by atomic mass is 35.5. The molecule has 0 bridgehead atoms. The van der Waals surface area contributed by atoms with Gasteiger partial charge in [0.2, 0.25) is 0 Å². The van der Waals surface area contributed by atoms with Gasteiger partial charge in [-0.15, -0.1) is 0 Å². The standard InChI is InChI=1S/C24H34Cl2N10/c25-19-9-5-17(6-10-19)15-35(23(31)33-21(27)28)13-3-1-2-4-14-36(24(32)34-22(29)30)16-18-7-11-20(26)12-8-18/h5-12H,1-4,13-16H2,(H5,27,28,31,33)(H5,29,30,32,34). The number of hydrogen-bond acceptors (Lipinski definition) is 4. The van der Waals surface area contributed by atoms with Crippen molar-refractivity contribution in [2.24, 2.45) is 11.5 Å². The van der Waals surface area contributed by atoms with Crippen molar-refractivity contribution < 1.29 is 0 Å². The zero-order valence-corrected chi connectivity index (χ0v) is 21.6. The molecule has 0 amide bonds.